The van der Waals surface area contributed by atoms with Crippen molar-refractivity contribution in [3.8, 4) is 11.5 Å². The summed E-state index contributed by atoms with van der Waals surface area (Å²) in [6.07, 6.45) is 11.2. The third kappa shape index (κ3) is 9.11. The summed E-state index contributed by atoms with van der Waals surface area (Å²) in [6.45, 7) is 8.40. The second-order valence-electron chi connectivity index (χ2n) is 9.10. The van der Waals surface area contributed by atoms with E-state index in [-0.39, 0.29) is 11.7 Å². The van der Waals surface area contributed by atoms with Crippen LogP contribution in [0.2, 0.25) is 0 Å². The molecular formula is C29H43NO3. The van der Waals surface area contributed by atoms with E-state index >= 15 is 0 Å². The zero-order chi connectivity index (χ0) is 24.1. The molecule has 4 nitrogen and oxygen atoms in total. The Labute approximate surface area is 200 Å². The van der Waals surface area contributed by atoms with Crippen LogP contribution in [0.5, 0.6) is 11.5 Å². The van der Waals surface area contributed by atoms with Crippen LogP contribution in [0.3, 0.4) is 0 Å². The monoisotopic (exact) mass is 453 g/mol. The van der Waals surface area contributed by atoms with Crippen molar-refractivity contribution in [2.24, 2.45) is 0 Å². The minimum absolute atomic E-state index is 0.168. The molecule has 0 radical (unpaired) electrons. The Hall–Kier alpha value is -2.49. The molecular weight excluding hydrogens is 410 g/mol. The molecule has 0 aliphatic carbocycles. The van der Waals surface area contributed by atoms with E-state index in [1.807, 2.05) is 13.0 Å². The molecule has 1 atom stereocenters. The van der Waals surface area contributed by atoms with Gasteiger partial charge in [0.2, 0.25) is 0 Å². The number of aromatic hydroxyl groups is 1. The first-order valence-corrected chi connectivity index (χ1v) is 12.9. The first kappa shape index (κ1) is 26.8. The number of amides is 1. The van der Waals surface area contributed by atoms with E-state index in [0.717, 1.165) is 43.4 Å². The smallest absolute Gasteiger partial charge is 0.265 e. The van der Waals surface area contributed by atoms with E-state index in [2.05, 4.69) is 44.3 Å². The highest BCUT2D eigenvalue weighted by molar-refractivity contribution is 5.94. The summed E-state index contributed by atoms with van der Waals surface area (Å²) in [5.41, 5.74) is 3.93. The lowest BCUT2D eigenvalue weighted by Crippen LogP contribution is -2.33. The Kier molecular flexibility index (Phi) is 11.9. The second-order valence-corrected chi connectivity index (χ2v) is 9.10. The number of ether oxygens (including phenoxy) is 1. The number of phenolic OH excluding ortho intramolecular Hbond substituents is 1. The first-order valence-electron chi connectivity index (χ1n) is 12.9. The summed E-state index contributed by atoms with van der Waals surface area (Å²) in [4.78, 5) is 13.1. The maximum Gasteiger partial charge on any atom is 0.265 e. The fourth-order valence-corrected chi connectivity index (χ4v) is 3.94. The third-order valence-electron chi connectivity index (χ3n) is 6.10. The number of carbonyl (C=O) groups is 1. The van der Waals surface area contributed by atoms with E-state index in [9.17, 15) is 9.90 Å². The lowest BCUT2D eigenvalue weighted by Gasteiger charge is -2.21. The Balaban J connectivity index is 2.19. The molecule has 2 N–H and O–H groups in total. The molecule has 0 heterocycles. The lowest BCUT2D eigenvalue weighted by molar-refractivity contribution is -0.123. The zero-order valence-electron chi connectivity index (χ0n) is 21.1. The van der Waals surface area contributed by atoms with Gasteiger partial charge in [-0.2, -0.15) is 0 Å². The Morgan fingerprint density at radius 2 is 1.61 bits per heavy atom. The van der Waals surface area contributed by atoms with Gasteiger partial charge in [0.15, 0.2) is 6.10 Å². The van der Waals surface area contributed by atoms with Crippen molar-refractivity contribution in [3.05, 3.63) is 53.1 Å². The molecule has 2 aromatic carbocycles. The summed E-state index contributed by atoms with van der Waals surface area (Å²) in [7, 11) is 0. The van der Waals surface area contributed by atoms with Crippen LogP contribution in [0.4, 0.5) is 5.69 Å². The molecule has 0 saturated heterocycles. The molecule has 0 fully saturated rings. The van der Waals surface area contributed by atoms with Crippen molar-refractivity contribution < 1.29 is 14.6 Å². The molecule has 33 heavy (non-hydrogen) atoms. The van der Waals surface area contributed by atoms with Gasteiger partial charge >= 0.3 is 0 Å². The summed E-state index contributed by atoms with van der Waals surface area (Å²) in [5, 5.41) is 12.9. The molecule has 182 valence electrons. The summed E-state index contributed by atoms with van der Waals surface area (Å²) in [6, 6.07) is 11.7. The Morgan fingerprint density at radius 1 is 0.909 bits per heavy atom. The molecule has 0 aliphatic heterocycles. The number of phenols is 1. The van der Waals surface area contributed by atoms with E-state index in [1.54, 1.807) is 12.1 Å². The van der Waals surface area contributed by atoms with Crippen LogP contribution in [-0.2, 0) is 17.6 Å². The first-order chi connectivity index (χ1) is 16.0. The number of carbonyl (C=O) groups excluding carboxylic acids is 1. The van der Waals surface area contributed by atoms with Gasteiger partial charge in [0.25, 0.3) is 5.91 Å². The highest BCUT2D eigenvalue weighted by Crippen LogP contribution is 2.27. The van der Waals surface area contributed by atoms with Gasteiger partial charge in [-0.05, 0) is 74.3 Å². The molecule has 1 unspecified atom stereocenters. The second kappa shape index (κ2) is 14.6. The predicted molar refractivity (Wildman–Crippen MR) is 138 cm³/mol. The van der Waals surface area contributed by atoms with Crippen molar-refractivity contribution in [2.75, 3.05) is 5.32 Å². The average Bonchev–Trinajstić information content (AvgIpc) is 2.80. The predicted octanol–water partition coefficient (Wildman–Crippen LogP) is 7.74. The van der Waals surface area contributed by atoms with Gasteiger partial charge in [-0.3, -0.25) is 4.79 Å². The van der Waals surface area contributed by atoms with E-state index in [1.165, 1.54) is 43.2 Å². The van der Waals surface area contributed by atoms with E-state index in [4.69, 9.17) is 4.74 Å². The molecule has 0 aromatic heterocycles. The molecule has 2 rings (SSSR count). The molecule has 0 bridgehead atoms. The van der Waals surface area contributed by atoms with Gasteiger partial charge in [-0.15, -0.1) is 0 Å². The van der Waals surface area contributed by atoms with Crippen molar-refractivity contribution in [1.29, 1.82) is 0 Å². The Morgan fingerprint density at radius 3 is 2.27 bits per heavy atom. The lowest BCUT2D eigenvalue weighted by atomic mass is 10.00. The van der Waals surface area contributed by atoms with Gasteiger partial charge < -0.3 is 15.2 Å². The highest BCUT2D eigenvalue weighted by Gasteiger charge is 2.22. The molecule has 0 spiro atoms. The standard InChI is InChI=1S/C29H43NO3/c1-5-8-11-13-23-17-19-27(24(20-23)14-12-9-6-2)33-28(15-10-7-3)29(32)30-25-18-16-22(4)26(31)21-25/h16-21,28,31H,5-15H2,1-4H3,(H,30,32). The van der Waals surface area contributed by atoms with Crippen LogP contribution in [0.15, 0.2) is 36.4 Å². The molecule has 0 aliphatic rings. The van der Waals surface area contributed by atoms with Crippen LogP contribution < -0.4 is 10.1 Å². The quantitative estimate of drug-likeness (QED) is 0.271. The van der Waals surface area contributed by atoms with Crippen LogP contribution in [0.25, 0.3) is 0 Å². The fourth-order valence-electron chi connectivity index (χ4n) is 3.94. The largest absolute Gasteiger partial charge is 0.508 e. The van der Waals surface area contributed by atoms with Crippen molar-refractivity contribution in [2.45, 2.75) is 104 Å². The van der Waals surface area contributed by atoms with Crippen LogP contribution in [0.1, 0.15) is 95.2 Å². The highest BCUT2D eigenvalue weighted by atomic mass is 16.5. The number of benzene rings is 2. The van der Waals surface area contributed by atoms with E-state index in [0.29, 0.717) is 12.1 Å². The van der Waals surface area contributed by atoms with Gasteiger partial charge in [-0.25, -0.2) is 0 Å². The maximum atomic E-state index is 13.1. The number of rotatable bonds is 15. The third-order valence-corrected chi connectivity index (χ3v) is 6.10. The van der Waals surface area contributed by atoms with Crippen LogP contribution in [0, 0.1) is 6.92 Å². The number of hydrogen-bond acceptors (Lipinski definition) is 3. The van der Waals surface area contributed by atoms with Crippen molar-refractivity contribution in [1.82, 2.24) is 0 Å². The fraction of sp³-hybridized carbons (Fsp3) is 0.552. The van der Waals surface area contributed by atoms with Gasteiger partial charge in [0.05, 0.1) is 0 Å². The van der Waals surface area contributed by atoms with Crippen molar-refractivity contribution in [3.63, 3.8) is 0 Å². The minimum atomic E-state index is -0.565. The van der Waals surface area contributed by atoms with Gasteiger partial charge in [0, 0.05) is 11.8 Å². The zero-order valence-corrected chi connectivity index (χ0v) is 21.1. The van der Waals surface area contributed by atoms with Crippen LogP contribution in [-0.4, -0.2) is 17.1 Å². The summed E-state index contributed by atoms with van der Waals surface area (Å²) in [5.74, 6) is 0.835. The number of hydrogen-bond donors (Lipinski definition) is 2. The van der Waals surface area contributed by atoms with Crippen molar-refractivity contribution >= 4 is 11.6 Å². The SMILES string of the molecule is CCCCCc1ccc(OC(CCCC)C(=O)Nc2ccc(C)c(O)c2)c(CCCCC)c1. The average molecular weight is 454 g/mol. The summed E-state index contributed by atoms with van der Waals surface area (Å²) >= 11 is 0. The number of unbranched alkanes of at least 4 members (excludes halogenated alkanes) is 5. The van der Waals surface area contributed by atoms with Gasteiger partial charge in [0.1, 0.15) is 11.5 Å². The summed E-state index contributed by atoms with van der Waals surface area (Å²) < 4.78 is 6.37. The normalized spacial score (nSPS) is 11.9. The molecule has 1 amide bonds. The van der Waals surface area contributed by atoms with Crippen LogP contribution >= 0.6 is 0 Å². The van der Waals surface area contributed by atoms with E-state index < -0.39 is 6.10 Å². The van der Waals surface area contributed by atoms with Gasteiger partial charge in [-0.1, -0.05) is 71.1 Å². The number of aryl methyl sites for hydroxylation is 3. The topological polar surface area (TPSA) is 58.6 Å². The minimum Gasteiger partial charge on any atom is -0.508 e. The molecule has 2 aromatic rings. The maximum absolute atomic E-state index is 13.1. The number of anilines is 1. The Bertz CT molecular complexity index is 862. The number of nitrogens with one attached hydrogen (secondary N) is 1. The molecule has 0 saturated carbocycles. The molecule has 4 heteroatoms.